The van der Waals surface area contributed by atoms with Crippen LogP contribution in [0.5, 0.6) is 0 Å². The molecule has 0 spiro atoms. The second-order valence-corrected chi connectivity index (χ2v) is 7.23. The highest BCUT2D eigenvalue weighted by Crippen LogP contribution is 2.18. The molecule has 0 heterocycles. The van der Waals surface area contributed by atoms with E-state index in [0.29, 0.717) is 13.0 Å². The van der Waals surface area contributed by atoms with E-state index >= 15 is 0 Å². The van der Waals surface area contributed by atoms with Gasteiger partial charge in [0.2, 0.25) is 10.0 Å². The van der Waals surface area contributed by atoms with Crippen molar-refractivity contribution in [1.29, 1.82) is 5.26 Å². The number of halogens is 1. The lowest BCUT2D eigenvalue weighted by Gasteiger charge is -2.18. The van der Waals surface area contributed by atoms with Gasteiger partial charge in [0.25, 0.3) is 0 Å². The van der Waals surface area contributed by atoms with E-state index in [9.17, 15) is 12.8 Å². The number of nitrogens with zero attached hydrogens (tertiary/aromatic N) is 1. The second kappa shape index (κ2) is 5.68. The topological polar surface area (TPSA) is 70.0 Å². The quantitative estimate of drug-likeness (QED) is 0.923. The average Bonchev–Trinajstić information content (AvgIpc) is 2.27. The summed E-state index contributed by atoms with van der Waals surface area (Å²) < 4.78 is 39.5. The van der Waals surface area contributed by atoms with Crippen LogP contribution in [0.15, 0.2) is 23.1 Å². The summed E-state index contributed by atoms with van der Waals surface area (Å²) in [5.74, 6) is -0.726. The molecule has 0 bridgehead atoms. The molecule has 0 saturated carbocycles. The van der Waals surface area contributed by atoms with Crippen LogP contribution in [-0.4, -0.2) is 15.0 Å². The van der Waals surface area contributed by atoms with Crippen molar-refractivity contribution in [2.75, 3.05) is 6.54 Å². The fourth-order valence-electron chi connectivity index (χ4n) is 1.40. The van der Waals surface area contributed by atoms with Crippen molar-refractivity contribution in [2.45, 2.75) is 32.1 Å². The molecule has 0 amide bonds. The van der Waals surface area contributed by atoms with E-state index < -0.39 is 15.8 Å². The molecule has 1 rings (SSSR count). The lowest BCUT2D eigenvalue weighted by molar-refractivity contribution is 0.378. The third kappa shape index (κ3) is 4.62. The van der Waals surface area contributed by atoms with Gasteiger partial charge in [0.15, 0.2) is 0 Å². The van der Waals surface area contributed by atoms with Crippen molar-refractivity contribution in [3.05, 3.63) is 29.6 Å². The Morgan fingerprint density at radius 2 is 2.00 bits per heavy atom. The Labute approximate surface area is 113 Å². The van der Waals surface area contributed by atoms with Crippen molar-refractivity contribution >= 4 is 10.0 Å². The molecule has 1 aromatic rings. The Balaban J connectivity index is 2.87. The third-order valence-electron chi connectivity index (χ3n) is 2.54. The van der Waals surface area contributed by atoms with Gasteiger partial charge in [-0.1, -0.05) is 20.8 Å². The lowest BCUT2D eigenvalue weighted by atomic mass is 9.93. The fourth-order valence-corrected chi connectivity index (χ4v) is 2.46. The summed E-state index contributed by atoms with van der Waals surface area (Å²) in [6.45, 7) is 6.32. The third-order valence-corrected chi connectivity index (χ3v) is 3.99. The predicted octanol–water partition coefficient (Wildman–Crippen LogP) is 2.41. The van der Waals surface area contributed by atoms with Crippen LogP contribution in [-0.2, 0) is 10.0 Å². The van der Waals surface area contributed by atoms with Crippen LogP contribution in [0.1, 0.15) is 32.8 Å². The van der Waals surface area contributed by atoms with E-state index in [0.717, 1.165) is 18.2 Å². The van der Waals surface area contributed by atoms with Gasteiger partial charge in [-0.25, -0.2) is 17.5 Å². The minimum Gasteiger partial charge on any atom is -0.211 e. The molecule has 0 unspecified atom stereocenters. The van der Waals surface area contributed by atoms with Gasteiger partial charge in [-0.15, -0.1) is 0 Å². The monoisotopic (exact) mass is 284 g/mol. The molecule has 1 N–H and O–H groups in total. The molecule has 0 saturated heterocycles. The number of nitriles is 1. The van der Waals surface area contributed by atoms with Crippen LogP contribution in [0.4, 0.5) is 4.39 Å². The maximum absolute atomic E-state index is 13.1. The summed E-state index contributed by atoms with van der Waals surface area (Å²) in [5.41, 5.74) is -0.262. The highest BCUT2D eigenvalue weighted by Gasteiger charge is 2.17. The number of hydrogen-bond donors (Lipinski definition) is 1. The van der Waals surface area contributed by atoms with E-state index in [2.05, 4.69) is 4.72 Å². The SMILES string of the molecule is CC(C)(C)CCNS(=O)(=O)c1ccc(F)c(C#N)c1. The smallest absolute Gasteiger partial charge is 0.211 e. The Bertz CT molecular complexity index is 598. The minimum atomic E-state index is -3.70. The predicted molar refractivity (Wildman–Crippen MR) is 70.4 cm³/mol. The molecule has 0 radical (unpaired) electrons. The first-order chi connectivity index (χ1) is 8.65. The van der Waals surface area contributed by atoms with Gasteiger partial charge in [-0.2, -0.15) is 5.26 Å². The Kier molecular flexibility index (Phi) is 4.66. The minimum absolute atomic E-state index is 0.0170. The maximum atomic E-state index is 13.1. The lowest BCUT2D eigenvalue weighted by Crippen LogP contribution is -2.27. The van der Waals surface area contributed by atoms with Crippen molar-refractivity contribution < 1.29 is 12.8 Å². The van der Waals surface area contributed by atoms with E-state index in [1.165, 1.54) is 0 Å². The number of rotatable bonds is 4. The molecule has 6 heteroatoms. The first kappa shape index (κ1) is 15.6. The van der Waals surface area contributed by atoms with Crippen molar-refractivity contribution in [2.24, 2.45) is 5.41 Å². The zero-order valence-electron chi connectivity index (χ0n) is 11.2. The molecule has 19 heavy (non-hydrogen) atoms. The summed E-state index contributed by atoms with van der Waals surface area (Å²) in [5, 5.41) is 8.69. The summed E-state index contributed by atoms with van der Waals surface area (Å²) in [6, 6.07) is 4.79. The average molecular weight is 284 g/mol. The van der Waals surface area contributed by atoms with Crippen LogP contribution in [0.3, 0.4) is 0 Å². The molecule has 0 aromatic heterocycles. The summed E-state index contributed by atoms with van der Waals surface area (Å²) in [4.78, 5) is -0.0978. The summed E-state index contributed by atoms with van der Waals surface area (Å²) >= 11 is 0. The van der Waals surface area contributed by atoms with Crippen LogP contribution >= 0.6 is 0 Å². The van der Waals surface area contributed by atoms with Gasteiger partial charge in [0.05, 0.1) is 10.5 Å². The van der Waals surface area contributed by atoms with Gasteiger partial charge in [-0.3, -0.25) is 0 Å². The van der Waals surface area contributed by atoms with Crippen LogP contribution in [0.25, 0.3) is 0 Å². The summed E-state index contributed by atoms with van der Waals surface area (Å²) in [7, 11) is -3.70. The number of benzene rings is 1. The zero-order chi connectivity index (χ0) is 14.7. The Morgan fingerprint density at radius 3 is 2.53 bits per heavy atom. The molecule has 104 valence electrons. The van der Waals surface area contributed by atoms with E-state index in [4.69, 9.17) is 5.26 Å². The normalized spacial score (nSPS) is 12.2. The van der Waals surface area contributed by atoms with E-state index in [1.54, 1.807) is 6.07 Å². The molecule has 1 aromatic carbocycles. The van der Waals surface area contributed by atoms with Crippen LogP contribution in [0.2, 0.25) is 0 Å². The highest BCUT2D eigenvalue weighted by atomic mass is 32.2. The molecule has 0 aliphatic carbocycles. The zero-order valence-corrected chi connectivity index (χ0v) is 12.0. The van der Waals surface area contributed by atoms with Gasteiger partial charge in [0, 0.05) is 6.54 Å². The van der Waals surface area contributed by atoms with E-state index in [1.807, 2.05) is 20.8 Å². The Morgan fingerprint density at radius 1 is 1.37 bits per heavy atom. The standard InChI is InChI=1S/C13H17FN2O2S/c1-13(2,3)6-7-16-19(17,18)11-4-5-12(14)10(8-11)9-15/h4-5,8,16H,6-7H2,1-3H3. The van der Waals surface area contributed by atoms with Crippen LogP contribution in [0, 0.1) is 22.6 Å². The molecule has 0 aliphatic rings. The number of sulfonamides is 1. The largest absolute Gasteiger partial charge is 0.240 e. The maximum Gasteiger partial charge on any atom is 0.240 e. The van der Waals surface area contributed by atoms with Crippen molar-refractivity contribution in [3.8, 4) is 6.07 Å². The van der Waals surface area contributed by atoms with Gasteiger partial charge >= 0.3 is 0 Å². The van der Waals surface area contributed by atoms with E-state index in [-0.39, 0.29) is 15.9 Å². The van der Waals surface area contributed by atoms with Crippen LogP contribution < -0.4 is 4.72 Å². The first-order valence-electron chi connectivity index (χ1n) is 5.85. The molecule has 0 fully saturated rings. The van der Waals surface area contributed by atoms with Gasteiger partial charge in [-0.05, 0) is 30.0 Å². The molecular formula is C13H17FN2O2S. The molecule has 0 atom stereocenters. The van der Waals surface area contributed by atoms with Gasteiger partial charge < -0.3 is 0 Å². The Hall–Kier alpha value is -1.45. The molecular weight excluding hydrogens is 267 g/mol. The van der Waals surface area contributed by atoms with Gasteiger partial charge in [0.1, 0.15) is 11.9 Å². The first-order valence-corrected chi connectivity index (χ1v) is 7.33. The summed E-state index contributed by atoms with van der Waals surface area (Å²) in [6.07, 6.45) is 0.679. The van der Waals surface area contributed by atoms with Crippen molar-refractivity contribution in [3.63, 3.8) is 0 Å². The van der Waals surface area contributed by atoms with Crippen molar-refractivity contribution in [1.82, 2.24) is 4.72 Å². The molecule has 0 aliphatic heterocycles. The fraction of sp³-hybridized carbons (Fsp3) is 0.462. The number of nitrogens with one attached hydrogen (secondary N) is 1. The number of hydrogen-bond acceptors (Lipinski definition) is 3. The molecule has 4 nitrogen and oxygen atoms in total. The second-order valence-electron chi connectivity index (χ2n) is 5.46. The highest BCUT2D eigenvalue weighted by molar-refractivity contribution is 7.89.